The summed E-state index contributed by atoms with van der Waals surface area (Å²) < 4.78 is 6.20. The highest BCUT2D eigenvalue weighted by Crippen LogP contribution is 2.23. The summed E-state index contributed by atoms with van der Waals surface area (Å²) in [5, 5.41) is 30.2. The number of benzene rings is 2. The first-order valence-electron chi connectivity index (χ1n) is 11.3. The summed E-state index contributed by atoms with van der Waals surface area (Å²) >= 11 is 0. The molecule has 2 aromatic carbocycles. The lowest BCUT2D eigenvalue weighted by Gasteiger charge is -2.07. The first kappa shape index (κ1) is 25.1. The number of hydrogen-bond acceptors (Lipinski definition) is 7. The highest BCUT2D eigenvalue weighted by atomic mass is 16.5. The fourth-order valence-electron chi connectivity index (χ4n) is 3.57. The molecule has 34 heavy (non-hydrogen) atoms. The van der Waals surface area contributed by atoms with Crippen molar-refractivity contribution in [3.05, 3.63) is 59.8 Å². The van der Waals surface area contributed by atoms with Gasteiger partial charge in [-0.15, -0.1) is 5.10 Å². The quantitative estimate of drug-likeness (QED) is 0.276. The van der Waals surface area contributed by atoms with Crippen molar-refractivity contribution in [2.75, 3.05) is 12.4 Å². The van der Waals surface area contributed by atoms with E-state index in [0.717, 1.165) is 31.2 Å². The van der Waals surface area contributed by atoms with Crippen molar-refractivity contribution in [2.24, 2.45) is 0 Å². The minimum Gasteiger partial charge on any atom is -0.469 e. The lowest BCUT2D eigenvalue weighted by molar-refractivity contribution is -0.140. The largest absolute Gasteiger partial charge is 0.469 e. The van der Waals surface area contributed by atoms with Gasteiger partial charge in [0.2, 0.25) is 5.91 Å². The summed E-state index contributed by atoms with van der Waals surface area (Å²) in [4.78, 5) is 23.4. The van der Waals surface area contributed by atoms with Gasteiger partial charge in [0.1, 0.15) is 5.69 Å². The number of esters is 1. The molecule has 0 bridgehead atoms. The van der Waals surface area contributed by atoms with Crippen molar-refractivity contribution in [2.45, 2.75) is 51.7 Å². The standard InChI is InChI=1S/C25H30N4O5/c1-34-25(33)10-5-3-2-4-9-24(32)26-21-8-6-7-20(14-21)23-15-29(28-27-23)22-12-18(16-30)11-19(13-22)17-31/h6-8,11-15,30-31H,2-5,9-10,16-17H2,1H3,(H,26,32). The van der Waals surface area contributed by atoms with E-state index in [1.807, 2.05) is 24.3 Å². The van der Waals surface area contributed by atoms with E-state index >= 15 is 0 Å². The normalized spacial score (nSPS) is 10.8. The maximum Gasteiger partial charge on any atom is 0.305 e. The van der Waals surface area contributed by atoms with E-state index in [1.54, 1.807) is 29.1 Å². The second-order valence-electron chi connectivity index (χ2n) is 7.99. The molecular formula is C25H30N4O5. The van der Waals surface area contributed by atoms with Crippen LogP contribution in [-0.4, -0.2) is 44.2 Å². The van der Waals surface area contributed by atoms with E-state index in [0.29, 0.717) is 41.0 Å². The summed E-state index contributed by atoms with van der Waals surface area (Å²) in [6.45, 7) is -0.282. The first-order valence-corrected chi connectivity index (χ1v) is 11.3. The van der Waals surface area contributed by atoms with Gasteiger partial charge in [0.05, 0.1) is 32.2 Å². The zero-order chi connectivity index (χ0) is 24.3. The zero-order valence-electron chi connectivity index (χ0n) is 19.2. The maximum absolute atomic E-state index is 12.3. The van der Waals surface area contributed by atoms with Crippen LogP contribution in [-0.2, 0) is 27.5 Å². The van der Waals surface area contributed by atoms with Crippen molar-refractivity contribution in [1.29, 1.82) is 0 Å². The number of anilines is 1. The van der Waals surface area contributed by atoms with Gasteiger partial charge in [-0.3, -0.25) is 9.59 Å². The molecule has 0 aliphatic rings. The number of hydrogen-bond donors (Lipinski definition) is 3. The van der Waals surface area contributed by atoms with Crippen LogP contribution in [0.3, 0.4) is 0 Å². The van der Waals surface area contributed by atoms with E-state index in [1.165, 1.54) is 7.11 Å². The molecule has 9 heteroatoms. The molecule has 0 saturated heterocycles. The van der Waals surface area contributed by atoms with Gasteiger partial charge in [-0.1, -0.05) is 36.3 Å². The Kier molecular flexibility index (Phi) is 9.30. The smallest absolute Gasteiger partial charge is 0.305 e. The Hall–Kier alpha value is -3.56. The Labute approximate surface area is 198 Å². The molecule has 1 heterocycles. The van der Waals surface area contributed by atoms with E-state index in [2.05, 4.69) is 20.4 Å². The van der Waals surface area contributed by atoms with Crippen LogP contribution in [0.1, 0.15) is 49.7 Å². The van der Waals surface area contributed by atoms with Crippen LogP contribution in [0.4, 0.5) is 5.69 Å². The molecule has 3 N–H and O–H groups in total. The predicted molar refractivity (Wildman–Crippen MR) is 127 cm³/mol. The van der Waals surface area contributed by atoms with Gasteiger partial charge < -0.3 is 20.3 Å². The number of unbranched alkanes of at least 4 members (excludes halogenated alkanes) is 3. The molecule has 0 unspecified atom stereocenters. The van der Waals surface area contributed by atoms with Gasteiger partial charge in [-0.25, -0.2) is 4.68 Å². The Morgan fingerprint density at radius 1 is 0.971 bits per heavy atom. The van der Waals surface area contributed by atoms with E-state index in [9.17, 15) is 19.8 Å². The van der Waals surface area contributed by atoms with Crippen LogP contribution in [0.25, 0.3) is 16.9 Å². The molecule has 180 valence electrons. The Bertz CT molecular complexity index is 1090. The van der Waals surface area contributed by atoms with E-state index < -0.39 is 0 Å². The molecule has 9 nitrogen and oxygen atoms in total. The van der Waals surface area contributed by atoms with Gasteiger partial charge in [0, 0.05) is 24.1 Å². The molecular weight excluding hydrogens is 436 g/mol. The van der Waals surface area contributed by atoms with Gasteiger partial charge in [-0.2, -0.15) is 0 Å². The summed E-state index contributed by atoms with van der Waals surface area (Å²) in [7, 11) is 1.38. The van der Waals surface area contributed by atoms with E-state index in [-0.39, 0.29) is 25.1 Å². The van der Waals surface area contributed by atoms with Crippen LogP contribution in [0.5, 0.6) is 0 Å². The maximum atomic E-state index is 12.3. The molecule has 1 amide bonds. The third-order valence-corrected chi connectivity index (χ3v) is 5.36. The molecule has 0 fully saturated rings. The molecule has 0 spiro atoms. The monoisotopic (exact) mass is 466 g/mol. The molecule has 3 aromatic rings. The Morgan fingerprint density at radius 2 is 1.68 bits per heavy atom. The van der Waals surface area contributed by atoms with Gasteiger partial charge in [0.15, 0.2) is 0 Å². The fraction of sp³-hybridized carbons (Fsp3) is 0.360. The highest BCUT2D eigenvalue weighted by molar-refractivity contribution is 5.91. The minimum atomic E-state index is -0.203. The average Bonchev–Trinajstić information content (AvgIpc) is 3.36. The van der Waals surface area contributed by atoms with Gasteiger partial charge >= 0.3 is 5.97 Å². The number of nitrogens with one attached hydrogen (secondary N) is 1. The molecule has 0 aliphatic heterocycles. The summed E-state index contributed by atoms with van der Waals surface area (Å²) in [6.07, 6.45) is 5.86. The molecule has 0 saturated carbocycles. The Morgan fingerprint density at radius 3 is 2.35 bits per heavy atom. The number of ether oxygens (including phenoxy) is 1. The van der Waals surface area contributed by atoms with Crippen LogP contribution in [0.2, 0.25) is 0 Å². The van der Waals surface area contributed by atoms with Crippen molar-refractivity contribution in [1.82, 2.24) is 15.0 Å². The molecule has 0 aliphatic carbocycles. The third kappa shape index (κ3) is 7.23. The van der Waals surface area contributed by atoms with Gasteiger partial charge in [0.25, 0.3) is 0 Å². The van der Waals surface area contributed by atoms with Gasteiger partial charge in [-0.05, 0) is 48.2 Å². The second-order valence-corrected chi connectivity index (χ2v) is 7.99. The van der Waals surface area contributed by atoms with Crippen LogP contribution >= 0.6 is 0 Å². The third-order valence-electron chi connectivity index (χ3n) is 5.36. The number of aliphatic hydroxyl groups is 2. The highest BCUT2D eigenvalue weighted by Gasteiger charge is 2.10. The van der Waals surface area contributed by atoms with Crippen molar-refractivity contribution in [3.8, 4) is 16.9 Å². The lowest BCUT2D eigenvalue weighted by Crippen LogP contribution is -2.11. The number of carbonyl (C=O) groups is 2. The number of methoxy groups -OCH3 is 1. The van der Waals surface area contributed by atoms with E-state index in [4.69, 9.17) is 0 Å². The number of rotatable bonds is 12. The van der Waals surface area contributed by atoms with Crippen LogP contribution in [0.15, 0.2) is 48.7 Å². The Balaban J connectivity index is 1.57. The topological polar surface area (TPSA) is 127 Å². The minimum absolute atomic E-state index is 0.0638. The van der Waals surface area contributed by atoms with Crippen molar-refractivity contribution in [3.63, 3.8) is 0 Å². The molecule has 0 atom stereocenters. The summed E-state index contributed by atoms with van der Waals surface area (Å²) in [5.74, 6) is -0.266. The van der Waals surface area contributed by atoms with Crippen molar-refractivity contribution >= 4 is 17.6 Å². The second kappa shape index (κ2) is 12.6. The average molecular weight is 467 g/mol. The van der Waals surface area contributed by atoms with Crippen LogP contribution in [0, 0.1) is 0 Å². The molecule has 1 aromatic heterocycles. The fourth-order valence-corrected chi connectivity index (χ4v) is 3.57. The number of aliphatic hydroxyl groups excluding tert-OH is 2. The predicted octanol–water partition coefficient (Wildman–Crippen LogP) is 3.37. The molecule has 0 radical (unpaired) electrons. The van der Waals surface area contributed by atoms with Crippen LogP contribution < -0.4 is 5.32 Å². The zero-order valence-corrected chi connectivity index (χ0v) is 19.2. The van der Waals surface area contributed by atoms with Crippen molar-refractivity contribution < 1.29 is 24.5 Å². The number of carbonyl (C=O) groups excluding carboxylic acids is 2. The first-order chi connectivity index (χ1) is 16.5. The summed E-state index contributed by atoms with van der Waals surface area (Å²) in [6, 6.07) is 12.7. The SMILES string of the molecule is COC(=O)CCCCCCC(=O)Nc1cccc(-c2cn(-c3cc(CO)cc(CO)c3)nn2)c1. The summed E-state index contributed by atoms with van der Waals surface area (Å²) in [5.41, 5.74) is 4.13. The number of amides is 1. The lowest BCUT2D eigenvalue weighted by atomic mass is 10.1. The molecule has 3 rings (SSSR count). The number of aromatic nitrogens is 3. The number of nitrogens with zero attached hydrogens (tertiary/aromatic N) is 3.